The van der Waals surface area contributed by atoms with Crippen LogP contribution in [0.2, 0.25) is 0 Å². The standard InChI is InChI=1S/C80H151NO5/c1-3-5-7-9-11-13-15-17-18-19-20-36-39-42-45-49-52-56-60-64-68-72-78(83)77(76-82)81-79(84)73-69-65-61-57-53-50-46-43-40-37-34-32-30-28-26-24-22-21-23-25-27-29-31-33-35-38-41-44-47-51-55-59-63-67-71-75-86-80(85)74-70-66-62-58-54-48-16-14-12-10-8-6-4-2/h8,10,14,16,23,25,29,31,77-78,82-83H,3-7,9,11-13,15,17-22,24,26-28,30,32-76H2,1-2H3,(H,81,84)/b10-8-,16-14-,25-23-,31-29-. The van der Waals surface area contributed by atoms with Crippen molar-refractivity contribution in [2.24, 2.45) is 0 Å². The summed E-state index contributed by atoms with van der Waals surface area (Å²) in [6, 6.07) is -0.541. The van der Waals surface area contributed by atoms with Gasteiger partial charge in [-0.05, 0) is 83.5 Å². The Bertz CT molecular complexity index is 1440. The number of amides is 1. The molecule has 0 heterocycles. The zero-order valence-electron chi connectivity index (χ0n) is 58.1. The molecule has 0 fully saturated rings. The maximum atomic E-state index is 12.6. The summed E-state index contributed by atoms with van der Waals surface area (Å²) in [5.41, 5.74) is 0. The molecule has 3 N–H and O–H groups in total. The molecule has 0 bridgehead atoms. The van der Waals surface area contributed by atoms with Gasteiger partial charge in [-0.1, -0.05) is 377 Å². The lowest BCUT2D eigenvalue weighted by molar-refractivity contribution is -0.143. The molecule has 0 aliphatic heterocycles. The fraction of sp³-hybridized carbons (Fsp3) is 0.875. The summed E-state index contributed by atoms with van der Waals surface area (Å²) in [6.45, 7) is 4.92. The number of aliphatic hydroxyl groups excluding tert-OH is 2. The molecule has 0 aromatic rings. The molecule has 0 spiro atoms. The minimum absolute atomic E-state index is 0.00164. The Labute approximate surface area is 537 Å². The van der Waals surface area contributed by atoms with Gasteiger partial charge in [-0.25, -0.2) is 0 Å². The summed E-state index contributed by atoms with van der Waals surface area (Å²) in [4.78, 5) is 24.6. The first-order valence-corrected chi connectivity index (χ1v) is 38.9. The molecule has 0 aliphatic rings. The van der Waals surface area contributed by atoms with Gasteiger partial charge in [0.1, 0.15) is 0 Å². The maximum absolute atomic E-state index is 12.6. The van der Waals surface area contributed by atoms with Crippen LogP contribution < -0.4 is 5.32 Å². The van der Waals surface area contributed by atoms with Crippen molar-refractivity contribution < 1.29 is 24.5 Å². The zero-order chi connectivity index (χ0) is 62.0. The number of carbonyl (C=O) groups is 2. The predicted octanol–water partition coefficient (Wildman–Crippen LogP) is 25.6. The molecule has 0 aromatic carbocycles. The first-order valence-electron chi connectivity index (χ1n) is 38.9. The van der Waals surface area contributed by atoms with Crippen LogP contribution in [0.4, 0.5) is 0 Å². The van der Waals surface area contributed by atoms with E-state index in [9.17, 15) is 19.8 Å². The number of ether oxygens (including phenoxy) is 1. The number of allylic oxidation sites excluding steroid dienone is 8. The van der Waals surface area contributed by atoms with Gasteiger partial charge in [0.05, 0.1) is 25.4 Å². The molecule has 0 rings (SSSR count). The first-order chi connectivity index (χ1) is 42.5. The molecular weight excluding hydrogens is 1050 g/mol. The Balaban J connectivity index is 3.38. The second-order valence-electron chi connectivity index (χ2n) is 26.7. The van der Waals surface area contributed by atoms with E-state index in [1.807, 2.05) is 0 Å². The highest BCUT2D eigenvalue weighted by Gasteiger charge is 2.20. The van der Waals surface area contributed by atoms with Crippen LogP contribution in [0, 0.1) is 0 Å². The normalized spacial score (nSPS) is 12.7. The third-order valence-corrected chi connectivity index (χ3v) is 18.1. The largest absolute Gasteiger partial charge is 0.466 e. The van der Waals surface area contributed by atoms with Gasteiger partial charge >= 0.3 is 5.97 Å². The molecule has 6 nitrogen and oxygen atoms in total. The summed E-state index contributed by atoms with van der Waals surface area (Å²) in [7, 11) is 0. The summed E-state index contributed by atoms with van der Waals surface area (Å²) >= 11 is 0. The number of esters is 1. The van der Waals surface area contributed by atoms with Crippen molar-refractivity contribution in [1.29, 1.82) is 0 Å². The zero-order valence-corrected chi connectivity index (χ0v) is 58.1. The van der Waals surface area contributed by atoms with Crippen molar-refractivity contribution in [3.8, 4) is 0 Å². The van der Waals surface area contributed by atoms with Crippen LogP contribution in [-0.4, -0.2) is 47.4 Å². The molecule has 506 valence electrons. The number of nitrogens with one attached hydrogen (secondary N) is 1. The lowest BCUT2D eigenvalue weighted by atomic mass is 10.0. The molecule has 2 unspecified atom stereocenters. The highest BCUT2D eigenvalue weighted by molar-refractivity contribution is 5.76. The third-order valence-electron chi connectivity index (χ3n) is 18.1. The Kier molecular flexibility index (Phi) is 73.4. The number of carbonyl (C=O) groups excluding carboxylic acids is 2. The number of hydrogen-bond donors (Lipinski definition) is 3. The topological polar surface area (TPSA) is 95.9 Å². The van der Waals surface area contributed by atoms with E-state index in [0.29, 0.717) is 25.9 Å². The van der Waals surface area contributed by atoms with Crippen molar-refractivity contribution in [3.63, 3.8) is 0 Å². The van der Waals surface area contributed by atoms with E-state index in [4.69, 9.17) is 4.74 Å². The van der Waals surface area contributed by atoms with E-state index in [-0.39, 0.29) is 18.5 Å². The lowest BCUT2D eigenvalue weighted by Gasteiger charge is -2.22. The molecule has 0 saturated heterocycles. The molecule has 2 atom stereocenters. The average Bonchev–Trinajstić information content (AvgIpc) is 3.55. The van der Waals surface area contributed by atoms with Gasteiger partial charge in [0.2, 0.25) is 5.91 Å². The van der Waals surface area contributed by atoms with Gasteiger partial charge < -0.3 is 20.3 Å². The molecule has 0 aromatic heterocycles. The summed E-state index contributed by atoms with van der Waals surface area (Å²) < 4.78 is 5.48. The van der Waals surface area contributed by atoms with E-state index in [0.717, 1.165) is 57.8 Å². The van der Waals surface area contributed by atoms with E-state index in [2.05, 4.69) is 67.8 Å². The summed E-state index contributed by atoms with van der Waals surface area (Å²) in [5.74, 6) is -0.0265. The fourth-order valence-corrected chi connectivity index (χ4v) is 12.2. The maximum Gasteiger partial charge on any atom is 0.305 e. The molecule has 0 saturated carbocycles. The predicted molar refractivity (Wildman–Crippen MR) is 379 cm³/mol. The van der Waals surface area contributed by atoms with Crippen molar-refractivity contribution in [1.82, 2.24) is 5.32 Å². The van der Waals surface area contributed by atoms with Crippen LogP contribution in [0.15, 0.2) is 48.6 Å². The van der Waals surface area contributed by atoms with Crippen molar-refractivity contribution in [2.75, 3.05) is 13.2 Å². The van der Waals surface area contributed by atoms with Crippen LogP contribution in [0.1, 0.15) is 425 Å². The first kappa shape index (κ1) is 83.8. The number of rotatable bonds is 73. The van der Waals surface area contributed by atoms with Crippen molar-refractivity contribution in [3.05, 3.63) is 48.6 Å². The van der Waals surface area contributed by atoms with Crippen LogP contribution >= 0.6 is 0 Å². The van der Waals surface area contributed by atoms with Gasteiger partial charge in [-0.3, -0.25) is 9.59 Å². The highest BCUT2D eigenvalue weighted by atomic mass is 16.5. The molecule has 0 aliphatic carbocycles. The van der Waals surface area contributed by atoms with Gasteiger partial charge in [0.15, 0.2) is 0 Å². The molecule has 86 heavy (non-hydrogen) atoms. The lowest BCUT2D eigenvalue weighted by Crippen LogP contribution is -2.45. The van der Waals surface area contributed by atoms with E-state index >= 15 is 0 Å². The Morgan fingerprint density at radius 1 is 0.326 bits per heavy atom. The molecule has 0 radical (unpaired) electrons. The molecular formula is C80H151NO5. The van der Waals surface area contributed by atoms with E-state index < -0.39 is 12.1 Å². The van der Waals surface area contributed by atoms with Gasteiger partial charge in [-0.15, -0.1) is 0 Å². The summed E-state index contributed by atoms with van der Waals surface area (Å²) in [5, 5.41) is 23.4. The number of hydrogen-bond acceptors (Lipinski definition) is 5. The number of aliphatic hydroxyl groups is 2. The fourth-order valence-electron chi connectivity index (χ4n) is 12.2. The minimum atomic E-state index is -0.664. The Morgan fingerprint density at radius 2 is 0.605 bits per heavy atom. The van der Waals surface area contributed by atoms with Gasteiger partial charge in [-0.2, -0.15) is 0 Å². The highest BCUT2D eigenvalue weighted by Crippen LogP contribution is 2.19. The molecule has 1 amide bonds. The van der Waals surface area contributed by atoms with Gasteiger partial charge in [0, 0.05) is 12.8 Å². The SMILES string of the molecule is CCC/C=C\C/C=C\CCCCCCCC(=O)OCCCCCCCCCCCCC/C=C\C/C=C\CCCCCCCCCCCCCCCCCCCC(=O)NC(CO)C(O)CCCCCCCCCCCCCCCCCCCCCCC. The minimum Gasteiger partial charge on any atom is -0.466 e. The third kappa shape index (κ3) is 70.9. The van der Waals surface area contributed by atoms with Crippen molar-refractivity contribution >= 4 is 11.9 Å². The molecule has 6 heteroatoms. The van der Waals surface area contributed by atoms with Gasteiger partial charge in [0.25, 0.3) is 0 Å². The van der Waals surface area contributed by atoms with Crippen LogP contribution in [0.5, 0.6) is 0 Å². The number of unbranched alkanes of at least 4 members (excludes halogenated alkanes) is 54. The average molecular weight is 1210 g/mol. The Morgan fingerprint density at radius 3 is 0.930 bits per heavy atom. The van der Waals surface area contributed by atoms with E-state index in [1.54, 1.807) is 0 Å². The second kappa shape index (κ2) is 75.3. The second-order valence-corrected chi connectivity index (χ2v) is 26.7. The van der Waals surface area contributed by atoms with Crippen molar-refractivity contribution in [2.45, 2.75) is 437 Å². The quantitative estimate of drug-likeness (QED) is 0.0320. The monoisotopic (exact) mass is 1210 g/mol. The smallest absolute Gasteiger partial charge is 0.305 e. The summed E-state index contributed by atoms with van der Waals surface area (Å²) in [6.07, 6.45) is 99.1. The Hall–Kier alpha value is -2.18. The van der Waals surface area contributed by atoms with Crippen LogP contribution in [-0.2, 0) is 14.3 Å². The van der Waals surface area contributed by atoms with Crippen LogP contribution in [0.25, 0.3) is 0 Å². The van der Waals surface area contributed by atoms with Crippen LogP contribution in [0.3, 0.4) is 0 Å². The van der Waals surface area contributed by atoms with E-state index in [1.165, 1.54) is 334 Å².